The van der Waals surface area contributed by atoms with Crippen molar-refractivity contribution < 1.29 is 4.42 Å². The maximum atomic E-state index is 6.11. The molecular formula is C18H24ClNO. The SMILES string of the molecule is CC(C)NCC1CCCCC1c1cc2cc(Cl)ccc2o1. The van der Waals surface area contributed by atoms with Crippen LogP contribution in [0, 0.1) is 5.92 Å². The van der Waals surface area contributed by atoms with E-state index in [0.717, 1.165) is 28.3 Å². The number of hydrogen-bond acceptors (Lipinski definition) is 2. The predicted octanol–water partition coefficient (Wildman–Crippen LogP) is 5.36. The molecule has 1 fully saturated rings. The lowest BCUT2D eigenvalue weighted by Crippen LogP contribution is -2.33. The molecule has 1 N–H and O–H groups in total. The van der Waals surface area contributed by atoms with Gasteiger partial charge in [-0.3, -0.25) is 0 Å². The van der Waals surface area contributed by atoms with Crippen molar-refractivity contribution in [2.75, 3.05) is 6.54 Å². The number of hydrogen-bond donors (Lipinski definition) is 1. The molecule has 3 rings (SSSR count). The van der Waals surface area contributed by atoms with Crippen molar-refractivity contribution in [2.24, 2.45) is 5.92 Å². The van der Waals surface area contributed by atoms with Crippen LogP contribution >= 0.6 is 11.6 Å². The summed E-state index contributed by atoms with van der Waals surface area (Å²) in [6, 6.07) is 8.61. The molecule has 1 aliphatic rings. The van der Waals surface area contributed by atoms with E-state index in [2.05, 4.69) is 25.2 Å². The van der Waals surface area contributed by atoms with Gasteiger partial charge in [-0.25, -0.2) is 0 Å². The van der Waals surface area contributed by atoms with Gasteiger partial charge in [0.25, 0.3) is 0 Å². The number of halogens is 1. The van der Waals surface area contributed by atoms with E-state index in [1.165, 1.54) is 25.7 Å². The van der Waals surface area contributed by atoms with Crippen LogP contribution < -0.4 is 5.32 Å². The molecule has 2 aromatic rings. The predicted molar refractivity (Wildman–Crippen MR) is 89.1 cm³/mol. The highest BCUT2D eigenvalue weighted by Crippen LogP contribution is 2.39. The number of fused-ring (bicyclic) bond motifs is 1. The smallest absolute Gasteiger partial charge is 0.134 e. The van der Waals surface area contributed by atoms with Crippen molar-refractivity contribution >= 4 is 22.6 Å². The Kier molecular flexibility index (Phi) is 4.56. The number of furan rings is 1. The van der Waals surface area contributed by atoms with E-state index in [4.69, 9.17) is 16.0 Å². The highest BCUT2D eigenvalue weighted by Gasteiger charge is 2.29. The lowest BCUT2D eigenvalue weighted by molar-refractivity contribution is 0.263. The normalized spacial score (nSPS) is 23.0. The molecule has 0 spiro atoms. The average molecular weight is 306 g/mol. The van der Waals surface area contributed by atoms with E-state index in [9.17, 15) is 0 Å². The summed E-state index contributed by atoms with van der Waals surface area (Å²) in [5.74, 6) is 2.36. The highest BCUT2D eigenvalue weighted by molar-refractivity contribution is 6.31. The summed E-state index contributed by atoms with van der Waals surface area (Å²) in [5, 5.41) is 5.49. The topological polar surface area (TPSA) is 25.2 Å². The van der Waals surface area contributed by atoms with Gasteiger partial charge in [0, 0.05) is 22.4 Å². The minimum absolute atomic E-state index is 0.538. The molecule has 1 aromatic carbocycles. The minimum atomic E-state index is 0.538. The standard InChI is InChI=1S/C18H24ClNO/c1-12(2)20-11-13-5-3-4-6-16(13)18-10-14-9-15(19)7-8-17(14)21-18/h7-10,12-13,16,20H,3-6,11H2,1-2H3. The Bertz CT molecular complexity index is 604. The average Bonchev–Trinajstić information content (AvgIpc) is 2.88. The molecule has 0 aliphatic heterocycles. The quantitative estimate of drug-likeness (QED) is 0.822. The van der Waals surface area contributed by atoms with Crippen LogP contribution in [0.15, 0.2) is 28.7 Å². The largest absolute Gasteiger partial charge is 0.461 e. The fourth-order valence-corrected chi connectivity index (χ4v) is 3.61. The van der Waals surface area contributed by atoms with E-state index in [1.807, 2.05) is 18.2 Å². The van der Waals surface area contributed by atoms with Crippen molar-refractivity contribution in [3.63, 3.8) is 0 Å². The summed E-state index contributed by atoms with van der Waals surface area (Å²) in [5.41, 5.74) is 0.954. The van der Waals surface area contributed by atoms with Crippen LogP contribution in [0.3, 0.4) is 0 Å². The molecule has 0 saturated heterocycles. The van der Waals surface area contributed by atoms with Gasteiger partial charge in [-0.2, -0.15) is 0 Å². The zero-order valence-corrected chi connectivity index (χ0v) is 13.6. The van der Waals surface area contributed by atoms with Gasteiger partial charge >= 0.3 is 0 Å². The van der Waals surface area contributed by atoms with Gasteiger partial charge in [-0.05, 0) is 49.6 Å². The van der Waals surface area contributed by atoms with E-state index in [-0.39, 0.29) is 0 Å². The number of benzene rings is 1. The third-order valence-corrected chi connectivity index (χ3v) is 4.80. The minimum Gasteiger partial charge on any atom is -0.461 e. The summed E-state index contributed by atoms with van der Waals surface area (Å²) < 4.78 is 6.11. The van der Waals surface area contributed by atoms with Gasteiger partial charge in [0.15, 0.2) is 0 Å². The van der Waals surface area contributed by atoms with Gasteiger partial charge in [0.05, 0.1) is 0 Å². The Labute approximate surface area is 131 Å². The van der Waals surface area contributed by atoms with Gasteiger partial charge < -0.3 is 9.73 Å². The first-order chi connectivity index (χ1) is 10.1. The van der Waals surface area contributed by atoms with Crippen molar-refractivity contribution in [3.05, 3.63) is 35.0 Å². The fourth-order valence-electron chi connectivity index (χ4n) is 3.43. The molecule has 2 unspecified atom stereocenters. The fraction of sp³-hybridized carbons (Fsp3) is 0.556. The molecule has 1 aromatic heterocycles. The molecule has 0 amide bonds. The molecule has 1 heterocycles. The summed E-state index contributed by atoms with van der Waals surface area (Å²) in [7, 11) is 0. The maximum absolute atomic E-state index is 6.11. The molecule has 21 heavy (non-hydrogen) atoms. The summed E-state index contributed by atoms with van der Waals surface area (Å²) in [4.78, 5) is 0. The third kappa shape index (κ3) is 3.44. The van der Waals surface area contributed by atoms with Crippen LogP contribution in [0.2, 0.25) is 5.02 Å². The summed E-state index contributed by atoms with van der Waals surface area (Å²) in [6.07, 6.45) is 5.17. The van der Waals surface area contributed by atoms with Crippen LogP contribution in [-0.2, 0) is 0 Å². The molecule has 2 atom stereocenters. The first-order valence-electron chi connectivity index (χ1n) is 8.06. The van der Waals surface area contributed by atoms with Crippen molar-refractivity contribution in [1.29, 1.82) is 0 Å². The lowest BCUT2D eigenvalue weighted by Gasteiger charge is -2.31. The van der Waals surface area contributed by atoms with Crippen molar-refractivity contribution in [1.82, 2.24) is 5.32 Å². The lowest BCUT2D eigenvalue weighted by atomic mass is 9.77. The van der Waals surface area contributed by atoms with Crippen LogP contribution in [0.25, 0.3) is 11.0 Å². The van der Waals surface area contributed by atoms with Crippen LogP contribution in [0.5, 0.6) is 0 Å². The van der Waals surface area contributed by atoms with Crippen LogP contribution in [-0.4, -0.2) is 12.6 Å². The zero-order valence-electron chi connectivity index (χ0n) is 12.9. The third-order valence-electron chi connectivity index (χ3n) is 4.56. The Morgan fingerprint density at radius 1 is 1.24 bits per heavy atom. The van der Waals surface area contributed by atoms with E-state index < -0.39 is 0 Å². The Balaban J connectivity index is 1.83. The van der Waals surface area contributed by atoms with Crippen molar-refractivity contribution in [2.45, 2.75) is 51.5 Å². The molecule has 1 aliphatic carbocycles. The monoisotopic (exact) mass is 305 g/mol. The molecular weight excluding hydrogens is 282 g/mol. The second-order valence-electron chi connectivity index (χ2n) is 6.54. The second kappa shape index (κ2) is 6.41. The number of nitrogens with one attached hydrogen (secondary N) is 1. The van der Waals surface area contributed by atoms with Crippen molar-refractivity contribution in [3.8, 4) is 0 Å². The molecule has 0 bridgehead atoms. The van der Waals surface area contributed by atoms with E-state index in [1.54, 1.807) is 0 Å². The van der Waals surface area contributed by atoms with Gasteiger partial charge in [0.1, 0.15) is 11.3 Å². The molecule has 2 nitrogen and oxygen atoms in total. The van der Waals surface area contributed by atoms with E-state index in [0.29, 0.717) is 17.9 Å². The van der Waals surface area contributed by atoms with E-state index >= 15 is 0 Å². The van der Waals surface area contributed by atoms with Gasteiger partial charge in [0.2, 0.25) is 0 Å². The maximum Gasteiger partial charge on any atom is 0.134 e. The second-order valence-corrected chi connectivity index (χ2v) is 6.98. The molecule has 114 valence electrons. The molecule has 0 radical (unpaired) electrons. The first-order valence-corrected chi connectivity index (χ1v) is 8.43. The Hall–Kier alpha value is -0.990. The van der Waals surface area contributed by atoms with Gasteiger partial charge in [-0.1, -0.05) is 38.3 Å². The zero-order chi connectivity index (χ0) is 14.8. The molecule has 3 heteroatoms. The first kappa shape index (κ1) is 14.9. The number of rotatable bonds is 4. The van der Waals surface area contributed by atoms with Crippen LogP contribution in [0.4, 0.5) is 0 Å². The Morgan fingerprint density at radius 3 is 2.86 bits per heavy atom. The summed E-state index contributed by atoms with van der Waals surface area (Å²) >= 11 is 6.08. The van der Waals surface area contributed by atoms with Crippen LogP contribution in [0.1, 0.15) is 51.2 Å². The molecule has 1 saturated carbocycles. The highest BCUT2D eigenvalue weighted by atomic mass is 35.5. The summed E-state index contributed by atoms with van der Waals surface area (Å²) in [6.45, 7) is 5.50. The Morgan fingerprint density at radius 2 is 2.05 bits per heavy atom. The van der Waals surface area contributed by atoms with Gasteiger partial charge in [-0.15, -0.1) is 0 Å².